The standard InChI is InChI=1S/C27H30FN5O2S/c1-31-16-21(15-30-31)26-18-33(36(34,35)24-5-3-2-4-6-24)27-25(26)13-20(14-29-27)19-7-9-23(10-8-19)32-12-11-22(28)17-32/h2-6,13-16,18-19,22-23H,7-12,17H2,1H3. The largest absolute Gasteiger partial charge is 0.297 e. The van der Waals surface area contributed by atoms with Crippen LogP contribution in [0, 0.1) is 0 Å². The quantitative estimate of drug-likeness (QED) is 0.390. The molecule has 1 aliphatic carbocycles. The molecule has 36 heavy (non-hydrogen) atoms. The molecule has 1 aliphatic heterocycles. The maximum atomic E-state index is 13.7. The van der Waals surface area contributed by atoms with Crippen LogP contribution in [-0.2, 0) is 17.1 Å². The highest BCUT2D eigenvalue weighted by molar-refractivity contribution is 7.90. The Labute approximate surface area is 210 Å². The van der Waals surface area contributed by atoms with Gasteiger partial charge in [0.05, 0.1) is 11.1 Å². The topological polar surface area (TPSA) is 73.0 Å². The zero-order chi connectivity index (χ0) is 24.9. The number of rotatable bonds is 5. The number of halogens is 1. The smallest absolute Gasteiger partial charge is 0.269 e. The number of nitrogens with zero attached hydrogens (tertiary/aromatic N) is 5. The number of fused-ring (bicyclic) bond motifs is 1. The molecular formula is C27H30FN5O2S. The number of aryl methyl sites for hydroxylation is 1. The zero-order valence-electron chi connectivity index (χ0n) is 20.3. The highest BCUT2D eigenvalue weighted by Gasteiger charge is 2.32. The summed E-state index contributed by atoms with van der Waals surface area (Å²) in [7, 11) is -1.97. The Kier molecular flexibility index (Phi) is 5.92. The van der Waals surface area contributed by atoms with Gasteiger partial charge < -0.3 is 0 Å². The van der Waals surface area contributed by atoms with E-state index in [2.05, 4.69) is 16.1 Å². The molecule has 0 spiro atoms. The molecule has 1 unspecified atom stereocenters. The first kappa shape index (κ1) is 23.4. The number of hydrogen-bond donors (Lipinski definition) is 0. The SMILES string of the molecule is Cn1cc(-c2cn(S(=O)(=O)c3ccccc3)c3ncc(C4CCC(N5CCC(F)C5)CC4)cc23)cn1. The van der Waals surface area contributed by atoms with Crippen LogP contribution in [0.4, 0.5) is 4.39 Å². The van der Waals surface area contributed by atoms with E-state index < -0.39 is 16.2 Å². The van der Waals surface area contributed by atoms with Crippen molar-refractivity contribution in [1.29, 1.82) is 0 Å². The zero-order valence-corrected chi connectivity index (χ0v) is 21.1. The second-order valence-corrected chi connectivity index (χ2v) is 11.9. The molecule has 0 bridgehead atoms. The van der Waals surface area contributed by atoms with Crippen LogP contribution >= 0.6 is 0 Å². The van der Waals surface area contributed by atoms with Crippen LogP contribution in [0.15, 0.2) is 66.1 Å². The van der Waals surface area contributed by atoms with Gasteiger partial charge in [-0.3, -0.25) is 9.58 Å². The number of likely N-dealkylation sites (tertiary alicyclic amines) is 1. The fourth-order valence-corrected chi connectivity index (χ4v) is 7.19. The summed E-state index contributed by atoms with van der Waals surface area (Å²) in [6, 6.07) is 11.0. The lowest BCUT2D eigenvalue weighted by atomic mass is 9.81. The van der Waals surface area contributed by atoms with Gasteiger partial charge in [-0.1, -0.05) is 18.2 Å². The maximum absolute atomic E-state index is 13.7. The molecule has 1 saturated heterocycles. The predicted molar refractivity (Wildman–Crippen MR) is 137 cm³/mol. The first-order valence-corrected chi connectivity index (χ1v) is 14.0. The van der Waals surface area contributed by atoms with E-state index in [4.69, 9.17) is 4.98 Å². The lowest BCUT2D eigenvalue weighted by Crippen LogP contribution is -2.36. The van der Waals surface area contributed by atoms with Gasteiger partial charge in [-0.2, -0.15) is 5.10 Å². The van der Waals surface area contributed by atoms with Crippen molar-refractivity contribution in [1.82, 2.24) is 23.6 Å². The van der Waals surface area contributed by atoms with E-state index in [0.717, 1.165) is 54.3 Å². The molecule has 1 atom stereocenters. The van der Waals surface area contributed by atoms with Crippen molar-refractivity contribution < 1.29 is 12.8 Å². The Morgan fingerprint density at radius 1 is 1.00 bits per heavy atom. The summed E-state index contributed by atoms with van der Waals surface area (Å²) in [6.45, 7) is 1.43. The van der Waals surface area contributed by atoms with Crippen LogP contribution in [-0.4, -0.2) is 57.4 Å². The molecule has 7 nitrogen and oxygen atoms in total. The number of benzene rings is 1. The first-order valence-electron chi connectivity index (χ1n) is 12.6. The van der Waals surface area contributed by atoms with E-state index in [-0.39, 0.29) is 4.90 Å². The number of pyridine rings is 1. The van der Waals surface area contributed by atoms with E-state index in [9.17, 15) is 12.8 Å². The van der Waals surface area contributed by atoms with Crippen molar-refractivity contribution in [3.63, 3.8) is 0 Å². The second kappa shape index (κ2) is 9.12. The Bertz CT molecular complexity index is 1490. The van der Waals surface area contributed by atoms with E-state index in [0.29, 0.717) is 30.6 Å². The Morgan fingerprint density at radius 3 is 2.44 bits per heavy atom. The molecule has 4 aromatic rings. The minimum atomic E-state index is -3.81. The van der Waals surface area contributed by atoms with E-state index in [1.807, 2.05) is 19.4 Å². The molecule has 1 aromatic carbocycles. The number of aromatic nitrogens is 4. The lowest BCUT2D eigenvalue weighted by molar-refractivity contribution is 0.170. The van der Waals surface area contributed by atoms with Gasteiger partial charge in [0, 0.05) is 61.3 Å². The molecular weight excluding hydrogens is 477 g/mol. The summed E-state index contributed by atoms with van der Waals surface area (Å²) in [6.07, 6.45) is 11.3. The average Bonchev–Trinajstić information content (AvgIpc) is 3.62. The molecule has 0 radical (unpaired) electrons. The van der Waals surface area contributed by atoms with Crippen LogP contribution in [0.2, 0.25) is 0 Å². The predicted octanol–water partition coefficient (Wildman–Crippen LogP) is 4.74. The average molecular weight is 508 g/mol. The monoisotopic (exact) mass is 507 g/mol. The third-order valence-electron chi connectivity index (χ3n) is 7.80. The highest BCUT2D eigenvalue weighted by atomic mass is 32.2. The molecule has 1 saturated carbocycles. The van der Waals surface area contributed by atoms with Crippen molar-refractivity contribution in [2.24, 2.45) is 7.05 Å². The molecule has 4 heterocycles. The van der Waals surface area contributed by atoms with Crippen LogP contribution in [0.5, 0.6) is 0 Å². The molecule has 3 aromatic heterocycles. The van der Waals surface area contributed by atoms with Crippen molar-refractivity contribution >= 4 is 21.1 Å². The number of hydrogen-bond acceptors (Lipinski definition) is 5. The molecule has 2 fully saturated rings. The molecule has 188 valence electrons. The van der Waals surface area contributed by atoms with Gasteiger partial charge in [-0.25, -0.2) is 21.8 Å². The van der Waals surface area contributed by atoms with Gasteiger partial charge >= 0.3 is 0 Å². The van der Waals surface area contributed by atoms with Gasteiger partial charge in [0.2, 0.25) is 0 Å². The van der Waals surface area contributed by atoms with Gasteiger partial charge in [0.15, 0.2) is 5.65 Å². The molecule has 0 amide bonds. The summed E-state index contributed by atoms with van der Waals surface area (Å²) in [5.74, 6) is 0.359. The lowest BCUT2D eigenvalue weighted by Gasteiger charge is -2.34. The first-order chi connectivity index (χ1) is 17.4. The van der Waals surface area contributed by atoms with Gasteiger partial charge in [0.25, 0.3) is 10.0 Å². The third kappa shape index (κ3) is 4.14. The van der Waals surface area contributed by atoms with Gasteiger partial charge in [-0.05, 0) is 61.8 Å². The molecule has 6 rings (SSSR count). The summed E-state index contributed by atoms with van der Waals surface area (Å²) in [5, 5.41) is 5.11. The van der Waals surface area contributed by atoms with Crippen molar-refractivity contribution in [2.45, 2.75) is 55.1 Å². The van der Waals surface area contributed by atoms with E-state index in [1.54, 1.807) is 47.4 Å². The maximum Gasteiger partial charge on any atom is 0.269 e. The molecule has 9 heteroatoms. The van der Waals surface area contributed by atoms with Crippen LogP contribution in [0.25, 0.3) is 22.2 Å². The highest BCUT2D eigenvalue weighted by Crippen LogP contribution is 2.39. The van der Waals surface area contributed by atoms with Crippen LogP contribution < -0.4 is 0 Å². The van der Waals surface area contributed by atoms with Crippen molar-refractivity contribution in [3.8, 4) is 11.1 Å². The summed E-state index contributed by atoms with van der Waals surface area (Å²) in [5.41, 5.74) is 3.20. The number of alkyl halides is 1. The summed E-state index contributed by atoms with van der Waals surface area (Å²) in [4.78, 5) is 7.24. The van der Waals surface area contributed by atoms with E-state index >= 15 is 0 Å². The minimum absolute atomic E-state index is 0.223. The Hall–Kier alpha value is -3.04. The van der Waals surface area contributed by atoms with Gasteiger partial charge in [-0.15, -0.1) is 0 Å². The van der Waals surface area contributed by atoms with Crippen LogP contribution in [0.3, 0.4) is 0 Å². The molecule has 0 N–H and O–H groups in total. The van der Waals surface area contributed by atoms with Crippen molar-refractivity contribution in [2.75, 3.05) is 13.1 Å². The van der Waals surface area contributed by atoms with Gasteiger partial charge in [0.1, 0.15) is 6.17 Å². The Balaban J connectivity index is 1.36. The fourth-order valence-electron chi connectivity index (χ4n) is 5.85. The second-order valence-electron chi connectivity index (χ2n) is 10.1. The summed E-state index contributed by atoms with van der Waals surface area (Å²) < 4.78 is 43.8. The summed E-state index contributed by atoms with van der Waals surface area (Å²) >= 11 is 0. The Morgan fingerprint density at radius 2 is 1.78 bits per heavy atom. The van der Waals surface area contributed by atoms with Crippen LogP contribution in [0.1, 0.15) is 43.6 Å². The normalized spacial score (nSPS) is 23.4. The fraction of sp³-hybridized carbons (Fsp3) is 0.407. The minimum Gasteiger partial charge on any atom is -0.297 e. The van der Waals surface area contributed by atoms with E-state index in [1.165, 1.54) is 3.97 Å². The third-order valence-corrected chi connectivity index (χ3v) is 9.46. The molecule has 2 aliphatic rings. The van der Waals surface area contributed by atoms with Crippen molar-refractivity contribution in [3.05, 3.63) is 66.7 Å².